The van der Waals surface area contributed by atoms with Gasteiger partial charge in [0.2, 0.25) is 5.91 Å². The maximum atomic E-state index is 11.8. The van der Waals surface area contributed by atoms with Crippen molar-refractivity contribution in [3.05, 3.63) is 23.2 Å². The summed E-state index contributed by atoms with van der Waals surface area (Å²) in [7, 11) is 0. The molecule has 0 spiro atoms. The van der Waals surface area contributed by atoms with Crippen molar-refractivity contribution in [2.24, 2.45) is 0 Å². The summed E-state index contributed by atoms with van der Waals surface area (Å²) >= 11 is 5.83. The van der Waals surface area contributed by atoms with Crippen LogP contribution in [0.1, 0.15) is 38.5 Å². The molecule has 110 valence electrons. The number of nitrogens with two attached hydrogens (primary N) is 1. The van der Waals surface area contributed by atoms with Crippen LogP contribution >= 0.6 is 11.6 Å². The van der Waals surface area contributed by atoms with Gasteiger partial charge in [0.05, 0.1) is 16.8 Å². The number of benzene rings is 1. The van der Waals surface area contributed by atoms with Crippen LogP contribution in [0.3, 0.4) is 0 Å². The molecule has 0 aliphatic heterocycles. The van der Waals surface area contributed by atoms with Crippen LogP contribution in [-0.4, -0.2) is 18.6 Å². The number of carbonyl (C=O) groups is 1. The number of hydrogen-bond acceptors (Lipinski definition) is 3. The molecule has 0 aromatic heterocycles. The third kappa shape index (κ3) is 4.69. The number of halogens is 1. The average molecular weight is 297 g/mol. The largest absolute Gasteiger partial charge is 0.397 e. The first-order valence-corrected chi connectivity index (χ1v) is 7.49. The van der Waals surface area contributed by atoms with E-state index in [1.807, 2.05) is 0 Å². The molecule has 1 aliphatic carbocycles. The lowest BCUT2D eigenvalue weighted by Crippen LogP contribution is -2.14. The Morgan fingerprint density at radius 2 is 2.15 bits per heavy atom. The molecule has 0 unspecified atom stereocenters. The van der Waals surface area contributed by atoms with Crippen LogP contribution in [0.5, 0.6) is 0 Å². The second kappa shape index (κ2) is 7.50. The van der Waals surface area contributed by atoms with Crippen LogP contribution in [0.25, 0.3) is 0 Å². The highest BCUT2D eigenvalue weighted by Crippen LogP contribution is 2.23. The Morgan fingerprint density at radius 1 is 1.40 bits per heavy atom. The second-order valence-corrected chi connectivity index (χ2v) is 5.57. The molecule has 0 heterocycles. The van der Waals surface area contributed by atoms with Gasteiger partial charge in [-0.25, -0.2) is 0 Å². The maximum Gasteiger partial charge on any atom is 0.224 e. The zero-order valence-electron chi connectivity index (χ0n) is 11.5. The summed E-state index contributed by atoms with van der Waals surface area (Å²) in [6, 6.07) is 5.08. The summed E-state index contributed by atoms with van der Waals surface area (Å²) in [5, 5.41) is 3.30. The number of amides is 1. The van der Waals surface area contributed by atoms with Gasteiger partial charge in [-0.1, -0.05) is 24.4 Å². The van der Waals surface area contributed by atoms with Gasteiger partial charge in [0.1, 0.15) is 0 Å². The molecule has 20 heavy (non-hydrogen) atoms. The average Bonchev–Trinajstić information content (AvgIpc) is 2.92. The van der Waals surface area contributed by atoms with Crippen molar-refractivity contribution in [1.82, 2.24) is 0 Å². The van der Waals surface area contributed by atoms with E-state index in [1.54, 1.807) is 18.2 Å². The number of nitrogens with one attached hydrogen (secondary N) is 1. The number of anilines is 2. The van der Waals surface area contributed by atoms with E-state index in [0.29, 0.717) is 35.5 Å². The summed E-state index contributed by atoms with van der Waals surface area (Å²) in [6.07, 6.45) is 6.47. The lowest BCUT2D eigenvalue weighted by Gasteiger charge is -2.11. The first-order chi connectivity index (χ1) is 9.65. The fourth-order valence-electron chi connectivity index (χ4n) is 2.38. The zero-order chi connectivity index (χ0) is 14.4. The van der Waals surface area contributed by atoms with Crippen molar-refractivity contribution in [2.75, 3.05) is 17.7 Å². The van der Waals surface area contributed by atoms with Gasteiger partial charge in [0, 0.05) is 18.7 Å². The van der Waals surface area contributed by atoms with E-state index in [0.717, 1.165) is 19.3 Å². The number of carbonyl (C=O) groups excluding carboxylic acids is 1. The van der Waals surface area contributed by atoms with Gasteiger partial charge in [-0.15, -0.1) is 0 Å². The topological polar surface area (TPSA) is 64.3 Å². The third-order valence-corrected chi connectivity index (χ3v) is 3.83. The molecule has 1 aromatic rings. The van der Waals surface area contributed by atoms with Gasteiger partial charge in [-0.3, -0.25) is 4.79 Å². The van der Waals surface area contributed by atoms with Crippen molar-refractivity contribution in [2.45, 2.75) is 44.6 Å². The molecule has 0 radical (unpaired) electrons. The van der Waals surface area contributed by atoms with E-state index in [2.05, 4.69) is 5.32 Å². The minimum absolute atomic E-state index is 0.0262. The van der Waals surface area contributed by atoms with Crippen molar-refractivity contribution in [1.29, 1.82) is 0 Å². The summed E-state index contributed by atoms with van der Waals surface area (Å²) in [6.45, 7) is 0.654. The first-order valence-electron chi connectivity index (χ1n) is 7.11. The summed E-state index contributed by atoms with van der Waals surface area (Å²) in [5.41, 5.74) is 6.83. The minimum atomic E-state index is -0.0262. The van der Waals surface area contributed by atoms with Crippen molar-refractivity contribution in [3.8, 4) is 0 Å². The van der Waals surface area contributed by atoms with Crippen molar-refractivity contribution >= 4 is 28.9 Å². The zero-order valence-corrected chi connectivity index (χ0v) is 12.3. The molecule has 1 amide bonds. The fraction of sp³-hybridized carbons (Fsp3) is 0.533. The Hall–Kier alpha value is -1.26. The van der Waals surface area contributed by atoms with Crippen LogP contribution in [-0.2, 0) is 9.53 Å². The minimum Gasteiger partial charge on any atom is -0.397 e. The Kier molecular flexibility index (Phi) is 5.68. The molecule has 1 aromatic carbocycles. The number of nitrogen functional groups attached to an aromatic ring is 1. The lowest BCUT2D eigenvalue weighted by atomic mass is 10.2. The smallest absolute Gasteiger partial charge is 0.224 e. The van der Waals surface area contributed by atoms with E-state index < -0.39 is 0 Å². The molecular weight excluding hydrogens is 276 g/mol. The molecule has 4 nitrogen and oxygen atoms in total. The molecule has 0 bridgehead atoms. The SMILES string of the molecule is Nc1cc(NC(=O)CCCOC2CCCC2)ccc1Cl. The third-order valence-electron chi connectivity index (χ3n) is 3.48. The van der Waals surface area contributed by atoms with Gasteiger partial charge in [0.15, 0.2) is 0 Å². The van der Waals surface area contributed by atoms with E-state index in [4.69, 9.17) is 22.1 Å². The summed E-state index contributed by atoms with van der Waals surface area (Å²) in [4.78, 5) is 11.8. The molecule has 2 rings (SSSR count). The molecule has 1 aliphatic rings. The number of ether oxygens (including phenoxy) is 1. The van der Waals surface area contributed by atoms with E-state index >= 15 is 0 Å². The summed E-state index contributed by atoms with van der Waals surface area (Å²) < 4.78 is 5.72. The van der Waals surface area contributed by atoms with E-state index in [9.17, 15) is 4.79 Å². The normalized spacial score (nSPS) is 15.4. The Labute approximate surface area is 124 Å². The van der Waals surface area contributed by atoms with E-state index in [-0.39, 0.29) is 5.91 Å². The van der Waals surface area contributed by atoms with Crippen LogP contribution in [0.2, 0.25) is 5.02 Å². The Bertz CT molecular complexity index is 459. The first kappa shape index (κ1) is 15.1. The van der Waals surface area contributed by atoms with Crippen molar-refractivity contribution < 1.29 is 9.53 Å². The molecule has 3 N–H and O–H groups in total. The van der Waals surface area contributed by atoms with Crippen LogP contribution in [0.15, 0.2) is 18.2 Å². The lowest BCUT2D eigenvalue weighted by molar-refractivity contribution is -0.116. The predicted molar refractivity (Wildman–Crippen MR) is 81.9 cm³/mol. The Morgan fingerprint density at radius 3 is 2.85 bits per heavy atom. The highest BCUT2D eigenvalue weighted by molar-refractivity contribution is 6.33. The van der Waals surface area contributed by atoms with Gasteiger partial charge in [-0.05, 0) is 37.5 Å². The predicted octanol–water partition coefficient (Wildman–Crippen LogP) is 3.60. The standard InChI is InChI=1S/C15H21ClN2O2/c16-13-8-7-11(10-14(13)17)18-15(19)6-3-9-20-12-4-1-2-5-12/h7-8,10,12H,1-6,9,17H2,(H,18,19). The van der Waals surface area contributed by atoms with Crippen LogP contribution < -0.4 is 11.1 Å². The van der Waals surface area contributed by atoms with Crippen LogP contribution in [0.4, 0.5) is 11.4 Å². The van der Waals surface area contributed by atoms with Gasteiger partial charge < -0.3 is 15.8 Å². The molecular formula is C15H21ClN2O2. The Balaban J connectivity index is 1.65. The molecule has 0 atom stereocenters. The van der Waals surface area contributed by atoms with Crippen LogP contribution in [0, 0.1) is 0 Å². The van der Waals surface area contributed by atoms with E-state index in [1.165, 1.54) is 12.8 Å². The highest BCUT2D eigenvalue weighted by atomic mass is 35.5. The molecule has 1 saturated carbocycles. The molecule has 1 fully saturated rings. The van der Waals surface area contributed by atoms with Gasteiger partial charge in [-0.2, -0.15) is 0 Å². The molecule has 5 heteroatoms. The fourth-order valence-corrected chi connectivity index (χ4v) is 2.50. The maximum absolute atomic E-state index is 11.8. The monoisotopic (exact) mass is 296 g/mol. The summed E-state index contributed by atoms with van der Waals surface area (Å²) in [5.74, 6) is -0.0262. The second-order valence-electron chi connectivity index (χ2n) is 5.17. The molecule has 0 saturated heterocycles. The highest BCUT2D eigenvalue weighted by Gasteiger charge is 2.14. The number of rotatable bonds is 6. The quantitative estimate of drug-likeness (QED) is 0.623. The van der Waals surface area contributed by atoms with Gasteiger partial charge >= 0.3 is 0 Å². The van der Waals surface area contributed by atoms with Crippen molar-refractivity contribution in [3.63, 3.8) is 0 Å². The number of hydrogen-bond donors (Lipinski definition) is 2. The van der Waals surface area contributed by atoms with Gasteiger partial charge in [0.25, 0.3) is 0 Å².